The Morgan fingerprint density at radius 1 is 1.33 bits per heavy atom. The van der Waals surface area contributed by atoms with Gasteiger partial charge in [0, 0.05) is 6.42 Å². The fourth-order valence-corrected chi connectivity index (χ4v) is 2.47. The van der Waals surface area contributed by atoms with E-state index < -0.39 is 10.1 Å². The molecule has 0 fully saturated rings. The summed E-state index contributed by atoms with van der Waals surface area (Å²) in [4.78, 5) is 11.3. The number of hydrogen-bond acceptors (Lipinski definition) is 4. The van der Waals surface area contributed by atoms with E-state index in [-0.39, 0.29) is 22.8 Å². The Balaban J connectivity index is 2.55. The lowest BCUT2D eigenvalue weighted by Gasteiger charge is -2.15. The van der Waals surface area contributed by atoms with Crippen LogP contribution in [0.15, 0.2) is 29.2 Å². The van der Waals surface area contributed by atoms with E-state index in [4.69, 9.17) is 20.9 Å². The predicted molar refractivity (Wildman–Crippen MR) is 80.1 cm³/mol. The SMILES string of the molecule is CCCC(=O)OC(CCl)CCc1ccc(S(=O)(=O)O)cc1. The summed E-state index contributed by atoms with van der Waals surface area (Å²) >= 11 is 5.77. The van der Waals surface area contributed by atoms with Gasteiger partial charge < -0.3 is 4.74 Å². The smallest absolute Gasteiger partial charge is 0.306 e. The molecule has 21 heavy (non-hydrogen) atoms. The largest absolute Gasteiger partial charge is 0.461 e. The van der Waals surface area contributed by atoms with Gasteiger partial charge in [-0.25, -0.2) is 0 Å². The highest BCUT2D eigenvalue weighted by Crippen LogP contribution is 2.14. The van der Waals surface area contributed by atoms with Gasteiger partial charge in [0.05, 0.1) is 10.8 Å². The lowest BCUT2D eigenvalue weighted by Crippen LogP contribution is -2.20. The minimum atomic E-state index is -4.17. The minimum absolute atomic E-state index is 0.144. The molecule has 0 amide bonds. The van der Waals surface area contributed by atoms with Gasteiger partial charge in [0.1, 0.15) is 6.10 Å². The van der Waals surface area contributed by atoms with E-state index in [1.54, 1.807) is 12.1 Å². The first kappa shape index (κ1) is 17.9. The summed E-state index contributed by atoms with van der Waals surface area (Å²) < 4.78 is 36.0. The highest BCUT2D eigenvalue weighted by molar-refractivity contribution is 7.85. The van der Waals surface area contributed by atoms with E-state index >= 15 is 0 Å². The van der Waals surface area contributed by atoms with E-state index in [0.29, 0.717) is 19.3 Å². The van der Waals surface area contributed by atoms with Crippen LogP contribution in [0.3, 0.4) is 0 Å². The van der Waals surface area contributed by atoms with Gasteiger partial charge in [0.25, 0.3) is 10.1 Å². The molecule has 0 heterocycles. The number of carbonyl (C=O) groups is 1. The molecule has 0 aromatic heterocycles. The number of ether oxygens (including phenoxy) is 1. The monoisotopic (exact) mass is 334 g/mol. The van der Waals surface area contributed by atoms with E-state index in [9.17, 15) is 13.2 Å². The van der Waals surface area contributed by atoms with Crippen LogP contribution in [-0.4, -0.2) is 30.9 Å². The van der Waals surface area contributed by atoms with Crippen LogP contribution >= 0.6 is 11.6 Å². The molecule has 0 saturated heterocycles. The van der Waals surface area contributed by atoms with Crippen molar-refractivity contribution in [2.24, 2.45) is 0 Å². The number of esters is 1. The van der Waals surface area contributed by atoms with Gasteiger partial charge in [-0.05, 0) is 37.0 Å². The highest BCUT2D eigenvalue weighted by atomic mass is 35.5. The lowest BCUT2D eigenvalue weighted by atomic mass is 10.1. The van der Waals surface area contributed by atoms with Crippen LogP contribution in [0.2, 0.25) is 0 Å². The van der Waals surface area contributed by atoms with Crippen LogP contribution in [0.5, 0.6) is 0 Å². The maximum Gasteiger partial charge on any atom is 0.306 e. The number of alkyl halides is 1. The predicted octanol–water partition coefficient (Wildman–Crippen LogP) is 2.82. The number of benzene rings is 1. The van der Waals surface area contributed by atoms with Gasteiger partial charge in [0.15, 0.2) is 0 Å². The van der Waals surface area contributed by atoms with Crippen molar-refractivity contribution in [3.05, 3.63) is 29.8 Å². The van der Waals surface area contributed by atoms with E-state index in [1.807, 2.05) is 6.92 Å². The maximum atomic E-state index is 11.4. The van der Waals surface area contributed by atoms with E-state index in [2.05, 4.69) is 0 Å². The van der Waals surface area contributed by atoms with Crippen LogP contribution in [0.4, 0.5) is 0 Å². The van der Waals surface area contributed by atoms with Crippen molar-refractivity contribution >= 4 is 27.7 Å². The zero-order valence-electron chi connectivity index (χ0n) is 11.8. The van der Waals surface area contributed by atoms with Crippen molar-refractivity contribution in [3.8, 4) is 0 Å². The first-order valence-corrected chi connectivity index (χ1v) is 8.66. The van der Waals surface area contributed by atoms with Crippen molar-refractivity contribution in [1.82, 2.24) is 0 Å². The van der Waals surface area contributed by atoms with Crippen LogP contribution < -0.4 is 0 Å². The van der Waals surface area contributed by atoms with Crippen molar-refractivity contribution < 1.29 is 22.5 Å². The molecule has 1 rings (SSSR count). The Hall–Kier alpha value is -1.11. The summed E-state index contributed by atoms with van der Waals surface area (Å²) in [7, 11) is -4.17. The molecule has 0 bridgehead atoms. The lowest BCUT2D eigenvalue weighted by molar-refractivity contribution is -0.148. The molecule has 1 aromatic carbocycles. The van der Waals surface area contributed by atoms with Crippen molar-refractivity contribution in [2.45, 2.75) is 43.6 Å². The number of rotatable bonds is 8. The number of hydrogen-bond donors (Lipinski definition) is 1. The van der Waals surface area contributed by atoms with Gasteiger partial charge in [0.2, 0.25) is 0 Å². The zero-order valence-corrected chi connectivity index (χ0v) is 13.4. The summed E-state index contributed by atoms with van der Waals surface area (Å²) in [6.07, 6.45) is 1.90. The molecule has 1 unspecified atom stereocenters. The Morgan fingerprint density at radius 2 is 1.95 bits per heavy atom. The second-order valence-electron chi connectivity index (χ2n) is 4.67. The van der Waals surface area contributed by atoms with Crippen molar-refractivity contribution in [3.63, 3.8) is 0 Å². The summed E-state index contributed by atoms with van der Waals surface area (Å²) in [5, 5.41) is 0. The molecule has 0 saturated carbocycles. The Morgan fingerprint density at radius 3 is 2.43 bits per heavy atom. The molecular weight excluding hydrogens is 316 g/mol. The fraction of sp³-hybridized carbons (Fsp3) is 0.500. The first-order chi connectivity index (χ1) is 9.86. The molecule has 0 spiro atoms. The molecule has 7 heteroatoms. The topological polar surface area (TPSA) is 80.7 Å². The molecule has 0 aliphatic heterocycles. The van der Waals surface area contributed by atoms with Crippen molar-refractivity contribution in [1.29, 1.82) is 0 Å². The van der Waals surface area contributed by atoms with E-state index in [0.717, 1.165) is 12.0 Å². The molecule has 0 aliphatic rings. The molecule has 0 aliphatic carbocycles. The highest BCUT2D eigenvalue weighted by Gasteiger charge is 2.13. The van der Waals surface area contributed by atoms with Crippen LogP contribution in [0.1, 0.15) is 31.7 Å². The number of carbonyl (C=O) groups excluding carboxylic acids is 1. The first-order valence-electron chi connectivity index (χ1n) is 6.68. The van der Waals surface area contributed by atoms with Gasteiger partial charge in [-0.15, -0.1) is 11.6 Å². The summed E-state index contributed by atoms with van der Waals surface area (Å²) in [5.74, 6) is -0.0386. The fourth-order valence-electron chi connectivity index (χ4n) is 1.77. The summed E-state index contributed by atoms with van der Waals surface area (Å²) in [6, 6.07) is 5.90. The third-order valence-corrected chi connectivity index (χ3v) is 4.11. The van der Waals surface area contributed by atoms with Crippen LogP contribution in [-0.2, 0) is 26.1 Å². The van der Waals surface area contributed by atoms with Gasteiger partial charge in [-0.1, -0.05) is 19.1 Å². The quantitative estimate of drug-likeness (QED) is 0.449. The minimum Gasteiger partial charge on any atom is -0.461 e. The van der Waals surface area contributed by atoms with Gasteiger partial charge in [-0.3, -0.25) is 9.35 Å². The average Bonchev–Trinajstić information content (AvgIpc) is 2.43. The number of aryl methyl sites for hydroxylation is 1. The normalized spacial score (nSPS) is 12.9. The molecular formula is C14H19ClO5S. The van der Waals surface area contributed by atoms with Crippen molar-refractivity contribution in [2.75, 3.05) is 5.88 Å². The standard InChI is InChI=1S/C14H19ClO5S/c1-2-3-14(16)20-12(10-15)7-4-11-5-8-13(9-6-11)21(17,18)19/h5-6,8-9,12H,2-4,7,10H2,1H3,(H,17,18,19). The molecule has 1 atom stereocenters. The number of halogens is 1. The third kappa shape index (κ3) is 6.46. The Labute approximate surface area is 130 Å². The Kier molecular flexibility index (Phi) is 7.14. The average molecular weight is 335 g/mol. The van der Waals surface area contributed by atoms with Crippen LogP contribution in [0.25, 0.3) is 0 Å². The molecule has 5 nitrogen and oxygen atoms in total. The third-order valence-electron chi connectivity index (χ3n) is 2.90. The molecule has 118 valence electrons. The molecule has 1 N–H and O–H groups in total. The second kappa shape index (κ2) is 8.36. The van der Waals surface area contributed by atoms with Crippen LogP contribution in [0, 0.1) is 0 Å². The molecule has 1 aromatic rings. The van der Waals surface area contributed by atoms with E-state index in [1.165, 1.54) is 12.1 Å². The molecule has 0 radical (unpaired) electrons. The zero-order chi connectivity index (χ0) is 15.9. The second-order valence-corrected chi connectivity index (χ2v) is 6.40. The Bertz CT molecular complexity index is 553. The van der Waals surface area contributed by atoms with Gasteiger partial charge in [-0.2, -0.15) is 8.42 Å². The summed E-state index contributed by atoms with van der Waals surface area (Å²) in [5.41, 5.74) is 0.879. The summed E-state index contributed by atoms with van der Waals surface area (Å²) in [6.45, 7) is 1.90. The maximum absolute atomic E-state index is 11.4. The van der Waals surface area contributed by atoms with Gasteiger partial charge >= 0.3 is 5.97 Å².